The number of para-hydroxylation sites is 1. The molecule has 38 nitrogen and oxygen atoms in total. The molecular weight excluding hydrogens is 1750 g/mol. The number of carboxylic acids is 1. The number of aliphatic hydroxyl groups is 3. The number of nitrogens with zero attached hydrogens (tertiary/aromatic N) is 1. The van der Waals surface area contributed by atoms with Gasteiger partial charge in [0.25, 0.3) is 0 Å². The molecule has 0 saturated carbocycles. The molecule has 1 aliphatic heterocycles. The third-order valence-electron chi connectivity index (χ3n) is 22.5. The molecule has 5 aromatic carbocycles. The van der Waals surface area contributed by atoms with Crippen molar-refractivity contribution < 1.29 is 87.5 Å². The predicted octanol–water partition coefficient (Wildman–Crippen LogP) is -1.10. The molecule has 7 rings (SSSR count). The minimum absolute atomic E-state index is 0.0150. The number of H-pyrrole nitrogens is 1. The van der Waals surface area contributed by atoms with Crippen molar-refractivity contribution in [3.8, 4) is 0 Å². The van der Waals surface area contributed by atoms with Crippen LogP contribution in [0.5, 0.6) is 0 Å². The van der Waals surface area contributed by atoms with E-state index in [1.807, 2.05) is 26.0 Å². The number of likely N-dealkylation sites (N-methyl/N-ethyl adjacent to an activating group) is 1. The second-order valence-corrected chi connectivity index (χ2v) is 36.1. The lowest BCUT2D eigenvalue weighted by Crippen LogP contribution is -2.64. The van der Waals surface area contributed by atoms with Crippen LogP contribution in [0, 0.1) is 0 Å². The number of rotatable bonds is 39. The molecule has 1 aliphatic rings. The van der Waals surface area contributed by atoms with E-state index in [1.54, 1.807) is 134 Å². The molecule has 0 unspecified atom stereocenters. The highest BCUT2D eigenvalue weighted by molar-refractivity contribution is 8.76. The van der Waals surface area contributed by atoms with Gasteiger partial charge >= 0.3 is 5.97 Å². The molecule has 6 aromatic rings. The molecule has 1 aromatic heterocycles. The number of aliphatic carboxylic acids is 1. The molecule has 0 aliphatic carbocycles. The van der Waals surface area contributed by atoms with Crippen LogP contribution in [0.15, 0.2) is 146 Å². The highest BCUT2D eigenvalue weighted by Crippen LogP contribution is 2.26. The Labute approximate surface area is 782 Å². The van der Waals surface area contributed by atoms with Crippen LogP contribution in [-0.2, 0) is 106 Å². The van der Waals surface area contributed by atoms with Gasteiger partial charge in [0.2, 0.25) is 76.8 Å². The van der Waals surface area contributed by atoms with E-state index in [9.17, 15) is 44.4 Å². The van der Waals surface area contributed by atoms with Crippen molar-refractivity contribution in [2.75, 3.05) is 51.3 Å². The number of benzene rings is 5. The molecular formula is C93H134N20O18S2. The number of hydrogen-bond donors (Lipinski definition) is 23. The van der Waals surface area contributed by atoms with E-state index in [0.717, 1.165) is 46.0 Å². The van der Waals surface area contributed by atoms with Gasteiger partial charge in [0.05, 0.1) is 24.9 Å². The third kappa shape index (κ3) is 36.1. The molecule has 13 amide bonds. The normalized spacial score (nSPS) is 21.9. The Morgan fingerprint density at radius 3 is 1.24 bits per heavy atom. The molecule has 726 valence electrons. The number of amides is 13. The van der Waals surface area contributed by atoms with Gasteiger partial charge in [-0.3, -0.25) is 62.3 Å². The SMILES string of the molecule is CC(C)NCc1ccc(C[C@@H]2NC(=O)[C@@H](Cc3c[nH]c4ccccc34)NC(=O)[C@H](Cc3ccccc3)NC(=O)[C@H](Cc3ccccc3)NC(=O)[C@H](CCCCN)NC(=O)[C@@H](N)CSSC[C@@H](C(=O)N[C@@H](CCCCN)C(=O)N[C@@H](CCCCN)C(=O)N[C@@H](CCCCN)C(=O)O)N(C)C(=O)[C@H](CO)NC(=O)[C@H]([C@@H](C)O)NC(=O)[C@H](Cc3ccccc3)NC(=O)[C@@H]([C@@H](C)O)NC2=O)cc1. The first kappa shape index (κ1) is 109. The molecule has 0 bridgehead atoms. The molecule has 16 atom stereocenters. The molecule has 0 spiro atoms. The summed E-state index contributed by atoms with van der Waals surface area (Å²) in [5.74, 6) is -15.0. The van der Waals surface area contributed by atoms with Crippen molar-refractivity contribution in [1.82, 2.24) is 79.0 Å². The van der Waals surface area contributed by atoms with E-state index in [1.165, 1.54) is 6.92 Å². The van der Waals surface area contributed by atoms with Gasteiger partial charge in [-0.1, -0.05) is 169 Å². The van der Waals surface area contributed by atoms with E-state index in [4.69, 9.17) is 28.7 Å². The van der Waals surface area contributed by atoms with Gasteiger partial charge in [-0.25, -0.2) is 4.79 Å². The standard InChI is InChI=1S/C93H134N20O18S2/c1-55(2)99-50-62-39-37-61(38-40-62)48-73-87(124)111-78(56(3)115)90(127)109-74(47-60-29-13-8-14-30-60)88(125)112-79(57(4)116)91(128)110-76(52-114)92(129)113(5)77(89(126)103-69(35-19-23-43-96)81(118)102-68(34-18-22-42-95)82(119)104-70(93(130)131)36-20-24-44-97)54-133-132-53-65(98)80(117)101-67(33-17-21-41-94)83(120)105-71(45-58-25-9-6-10-26-58)84(121)106-72(46-59-27-11-7-12-28-59)85(122)108-75(86(123)107-73)49-63-51-100-66-32-16-15-31-64(63)66/h6-16,25-32,37-40,51,55-57,65,67-79,99-100,114-116H,17-24,33-36,41-50,52-54,94-98H2,1-5H3,(H,101,117)(H,102,118)(H,103,126)(H,104,119)(H,105,120)(H,106,121)(H,107,123)(H,108,122)(H,109,127)(H,110,128)(H,111,124)(H,112,125)(H,130,131)/t56-,57-,65+,67+,68+,69+,70+,71+,72+,73+,74+,75-,76+,77+,78-,79+/m1/s1. The van der Waals surface area contributed by atoms with Crippen LogP contribution in [0.1, 0.15) is 138 Å². The number of nitrogens with two attached hydrogens (primary N) is 5. The maximum atomic E-state index is 15.7. The molecule has 133 heavy (non-hydrogen) atoms. The van der Waals surface area contributed by atoms with E-state index in [0.29, 0.717) is 83.8 Å². The fraction of sp³-hybridized carbons (Fsp3) is 0.505. The van der Waals surface area contributed by atoms with Crippen LogP contribution in [0.25, 0.3) is 10.9 Å². The minimum Gasteiger partial charge on any atom is -0.480 e. The second kappa shape index (κ2) is 57.2. The summed E-state index contributed by atoms with van der Waals surface area (Å²) in [6.45, 7) is 6.33. The number of aliphatic hydroxyl groups excluding tert-OH is 3. The molecule has 40 heteroatoms. The molecule has 1 fully saturated rings. The maximum absolute atomic E-state index is 15.7. The summed E-state index contributed by atoms with van der Waals surface area (Å²) in [5.41, 5.74) is 34.1. The van der Waals surface area contributed by atoms with Gasteiger partial charge in [0.15, 0.2) is 0 Å². The number of unbranched alkanes of at least 4 members (excludes halogenated alkanes) is 4. The van der Waals surface area contributed by atoms with Crippen LogP contribution < -0.4 is 97.8 Å². The Hall–Kier alpha value is -11.4. The molecule has 28 N–H and O–H groups in total. The van der Waals surface area contributed by atoms with Crippen molar-refractivity contribution in [3.63, 3.8) is 0 Å². The number of fused-ring (bicyclic) bond motifs is 1. The zero-order valence-electron chi connectivity index (χ0n) is 76.0. The molecule has 2 heterocycles. The average molecular weight is 1880 g/mol. The lowest BCUT2D eigenvalue weighted by Gasteiger charge is -2.32. The van der Waals surface area contributed by atoms with Crippen molar-refractivity contribution in [1.29, 1.82) is 0 Å². The van der Waals surface area contributed by atoms with Gasteiger partial charge in [0, 0.05) is 80.3 Å². The van der Waals surface area contributed by atoms with E-state index in [-0.39, 0.29) is 109 Å². The Bertz CT molecular complexity index is 4740. The summed E-state index contributed by atoms with van der Waals surface area (Å²) in [6, 6.07) is 17.1. The summed E-state index contributed by atoms with van der Waals surface area (Å²) in [5, 5.41) is 80.3. The lowest BCUT2D eigenvalue weighted by molar-refractivity contribution is -0.143. The first-order valence-corrected chi connectivity index (χ1v) is 47.6. The Kier molecular flexibility index (Phi) is 46.7. The van der Waals surface area contributed by atoms with Gasteiger partial charge in [-0.15, -0.1) is 0 Å². The van der Waals surface area contributed by atoms with E-state index >= 15 is 43.2 Å². The first-order chi connectivity index (χ1) is 63.8. The summed E-state index contributed by atoms with van der Waals surface area (Å²) < 4.78 is 0. The summed E-state index contributed by atoms with van der Waals surface area (Å²) in [7, 11) is 2.96. The number of hydrogen-bond acceptors (Lipinski definition) is 25. The van der Waals surface area contributed by atoms with Crippen LogP contribution >= 0.6 is 21.6 Å². The lowest BCUT2D eigenvalue weighted by atomic mass is 9.99. The molecule has 1 saturated heterocycles. The predicted molar refractivity (Wildman–Crippen MR) is 507 cm³/mol. The monoisotopic (exact) mass is 1880 g/mol. The number of carboxylic acid groups (broad SMARTS) is 1. The van der Waals surface area contributed by atoms with Gasteiger partial charge in [0.1, 0.15) is 78.5 Å². The third-order valence-corrected chi connectivity index (χ3v) is 25.0. The summed E-state index contributed by atoms with van der Waals surface area (Å²) in [6.07, 6.45) is -0.643. The van der Waals surface area contributed by atoms with Gasteiger partial charge < -0.3 is 128 Å². The van der Waals surface area contributed by atoms with Crippen LogP contribution in [-0.4, -0.2) is 267 Å². The smallest absolute Gasteiger partial charge is 0.326 e. The molecule has 0 radical (unpaired) electrons. The fourth-order valence-corrected chi connectivity index (χ4v) is 17.2. The van der Waals surface area contributed by atoms with Crippen molar-refractivity contribution in [2.45, 2.75) is 246 Å². The highest BCUT2D eigenvalue weighted by Gasteiger charge is 2.41. The number of aromatic nitrogens is 1. The number of carbonyl (C=O) groups is 14. The van der Waals surface area contributed by atoms with Gasteiger partial charge in [-0.05, 0) is 157 Å². The zero-order valence-corrected chi connectivity index (χ0v) is 77.6. The van der Waals surface area contributed by atoms with Crippen molar-refractivity contribution in [3.05, 3.63) is 179 Å². The van der Waals surface area contributed by atoms with Crippen molar-refractivity contribution in [2.24, 2.45) is 28.7 Å². The minimum atomic E-state index is -2.02. The van der Waals surface area contributed by atoms with E-state index < -0.39 is 192 Å². The van der Waals surface area contributed by atoms with Gasteiger partial charge in [-0.2, -0.15) is 0 Å². The Morgan fingerprint density at radius 1 is 0.429 bits per heavy atom. The largest absolute Gasteiger partial charge is 0.480 e. The zero-order chi connectivity index (χ0) is 97.1. The fourth-order valence-electron chi connectivity index (χ4n) is 14.8. The number of carbonyl (C=O) groups excluding carboxylic acids is 13. The quantitative estimate of drug-likeness (QED) is 0.0161. The Morgan fingerprint density at radius 2 is 0.797 bits per heavy atom. The van der Waals surface area contributed by atoms with Crippen LogP contribution in [0.3, 0.4) is 0 Å². The van der Waals surface area contributed by atoms with E-state index in [2.05, 4.69) is 74.1 Å². The Balaban J connectivity index is 1.34. The maximum Gasteiger partial charge on any atom is 0.326 e. The first-order valence-electron chi connectivity index (χ1n) is 45.2. The summed E-state index contributed by atoms with van der Waals surface area (Å²) >= 11 is 0. The number of aromatic amines is 1. The van der Waals surface area contributed by atoms with Crippen LogP contribution in [0.4, 0.5) is 0 Å². The van der Waals surface area contributed by atoms with Crippen LogP contribution in [0.2, 0.25) is 0 Å². The number of nitrogens with one attached hydrogen (secondary N) is 14. The van der Waals surface area contributed by atoms with Crippen molar-refractivity contribution >= 4 is 115 Å². The summed E-state index contributed by atoms with van der Waals surface area (Å²) in [4.78, 5) is 212. The second-order valence-electron chi connectivity index (χ2n) is 33.6. The topological polar surface area (TPSA) is 625 Å². The average Bonchev–Trinajstić information content (AvgIpc) is 1.71. The highest BCUT2D eigenvalue weighted by atomic mass is 33.1.